The van der Waals surface area contributed by atoms with Crippen molar-refractivity contribution in [1.29, 1.82) is 0 Å². The summed E-state index contributed by atoms with van der Waals surface area (Å²) in [7, 11) is 0. The number of fused-ring (bicyclic) bond motifs is 1. The third-order valence-corrected chi connectivity index (χ3v) is 2.90. The number of hydrogen-bond donors (Lipinski definition) is 0. The molecule has 2 aromatic rings. The molecule has 0 spiro atoms. The lowest BCUT2D eigenvalue weighted by molar-refractivity contribution is 0.624. The Labute approximate surface area is 100 Å². The molecule has 0 unspecified atom stereocenters. The van der Waals surface area contributed by atoms with Crippen molar-refractivity contribution in [2.45, 2.75) is 39.1 Å². The lowest BCUT2D eigenvalue weighted by Crippen LogP contribution is -2.03. The predicted molar refractivity (Wildman–Crippen MR) is 66.7 cm³/mol. The normalized spacial score (nSPS) is 11.2. The van der Waals surface area contributed by atoms with E-state index < -0.39 is 0 Å². The van der Waals surface area contributed by atoms with Crippen molar-refractivity contribution in [2.75, 3.05) is 0 Å². The molecule has 4 heteroatoms. The molecule has 2 heterocycles. The Kier molecular flexibility index (Phi) is 3.44. The summed E-state index contributed by atoms with van der Waals surface area (Å²) >= 11 is 5.91. The van der Waals surface area contributed by atoms with Crippen molar-refractivity contribution >= 4 is 22.8 Å². The molecular weight excluding hydrogens is 222 g/mol. The molecule has 2 aromatic heterocycles. The van der Waals surface area contributed by atoms with E-state index in [-0.39, 0.29) is 0 Å². The molecule has 0 aromatic carbocycles. The zero-order valence-electron chi connectivity index (χ0n) is 9.70. The third-order valence-electron chi connectivity index (χ3n) is 2.67. The highest BCUT2D eigenvalue weighted by Crippen LogP contribution is 2.17. The maximum absolute atomic E-state index is 5.91. The van der Waals surface area contributed by atoms with Crippen LogP contribution in [0.4, 0.5) is 0 Å². The molecular formula is C12H16ClN3. The average molecular weight is 238 g/mol. The van der Waals surface area contributed by atoms with E-state index in [9.17, 15) is 0 Å². The van der Waals surface area contributed by atoms with E-state index in [1.54, 1.807) is 0 Å². The maximum Gasteiger partial charge on any atom is 0.160 e. The Morgan fingerprint density at radius 2 is 2.12 bits per heavy atom. The zero-order valence-corrected chi connectivity index (χ0v) is 10.5. The van der Waals surface area contributed by atoms with E-state index in [0.29, 0.717) is 5.88 Å². The first-order valence-electron chi connectivity index (χ1n) is 5.65. The predicted octanol–water partition coefficient (Wildman–Crippen LogP) is 3.28. The summed E-state index contributed by atoms with van der Waals surface area (Å²) in [5.41, 5.74) is 2.92. The van der Waals surface area contributed by atoms with E-state index in [2.05, 4.69) is 21.5 Å². The van der Waals surface area contributed by atoms with Gasteiger partial charge in [-0.1, -0.05) is 13.3 Å². The smallest absolute Gasteiger partial charge is 0.160 e. The van der Waals surface area contributed by atoms with Gasteiger partial charge in [-0.05, 0) is 25.5 Å². The number of pyridine rings is 1. The average Bonchev–Trinajstić information content (AvgIpc) is 2.63. The highest BCUT2D eigenvalue weighted by atomic mass is 35.5. The van der Waals surface area contributed by atoms with E-state index in [1.165, 1.54) is 0 Å². The molecule has 0 saturated carbocycles. The Morgan fingerprint density at radius 3 is 2.81 bits per heavy atom. The maximum atomic E-state index is 5.91. The molecule has 0 saturated heterocycles. The van der Waals surface area contributed by atoms with Crippen LogP contribution in [0.5, 0.6) is 0 Å². The molecule has 0 aliphatic carbocycles. The number of unbranched alkanes of at least 4 members (excludes halogenated alkanes) is 1. The molecule has 0 aliphatic rings. The second kappa shape index (κ2) is 4.83. The fourth-order valence-electron chi connectivity index (χ4n) is 1.80. The molecule has 2 rings (SSSR count). The molecule has 0 radical (unpaired) electrons. The highest BCUT2D eigenvalue weighted by Gasteiger charge is 2.10. The Balaban J connectivity index is 2.52. The van der Waals surface area contributed by atoms with Crippen molar-refractivity contribution in [3.8, 4) is 0 Å². The van der Waals surface area contributed by atoms with Crippen LogP contribution in [-0.4, -0.2) is 14.5 Å². The van der Waals surface area contributed by atoms with Crippen molar-refractivity contribution in [3.63, 3.8) is 0 Å². The van der Waals surface area contributed by atoms with Crippen LogP contribution in [0.15, 0.2) is 12.1 Å². The number of alkyl halides is 1. The number of imidazole rings is 1. The van der Waals surface area contributed by atoms with Gasteiger partial charge < -0.3 is 4.57 Å². The summed E-state index contributed by atoms with van der Waals surface area (Å²) in [5, 5.41) is 0. The summed E-state index contributed by atoms with van der Waals surface area (Å²) in [6.07, 6.45) is 2.29. The van der Waals surface area contributed by atoms with E-state index in [0.717, 1.165) is 42.1 Å². The largest absolute Gasteiger partial charge is 0.312 e. The monoisotopic (exact) mass is 237 g/mol. The second-order valence-corrected chi connectivity index (χ2v) is 4.23. The van der Waals surface area contributed by atoms with E-state index in [4.69, 9.17) is 11.6 Å². The quantitative estimate of drug-likeness (QED) is 0.764. The molecule has 0 fully saturated rings. The van der Waals surface area contributed by atoms with Gasteiger partial charge in [0.1, 0.15) is 11.3 Å². The van der Waals surface area contributed by atoms with Crippen LogP contribution in [0.1, 0.15) is 31.3 Å². The molecule has 0 atom stereocenters. The summed E-state index contributed by atoms with van der Waals surface area (Å²) in [4.78, 5) is 9.03. The van der Waals surface area contributed by atoms with Gasteiger partial charge in [0.25, 0.3) is 0 Å². The van der Waals surface area contributed by atoms with Crippen LogP contribution < -0.4 is 0 Å². The first kappa shape index (κ1) is 11.4. The lowest BCUT2D eigenvalue weighted by Gasteiger charge is -2.05. The van der Waals surface area contributed by atoms with Crippen molar-refractivity contribution in [3.05, 3.63) is 23.7 Å². The van der Waals surface area contributed by atoms with Crippen molar-refractivity contribution in [1.82, 2.24) is 14.5 Å². The fourth-order valence-corrected chi connectivity index (χ4v) is 2.00. The minimum Gasteiger partial charge on any atom is -0.312 e. The van der Waals surface area contributed by atoms with Gasteiger partial charge in [0.05, 0.1) is 5.88 Å². The zero-order chi connectivity index (χ0) is 11.5. The Morgan fingerprint density at radius 1 is 1.31 bits per heavy atom. The van der Waals surface area contributed by atoms with Gasteiger partial charge in [0, 0.05) is 12.2 Å². The number of aromatic nitrogens is 3. The van der Waals surface area contributed by atoms with Crippen molar-refractivity contribution in [2.24, 2.45) is 0 Å². The molecule has 0 aliphatic heterocycles. The van der Waals surface area contributed by atoms with Gasteiger partial charge in [0.2, 0.25) is 0 Å². The number of aryl methyl sites for hydroxylation is 2. The van der Waals surface area contributed by atoms with Gasteiger partial charge in [-0.15, -0.1) is 11.6 Å². The number of hydrogen-bond acceptors (Lipinski definition) is 2. The number of rotatable bonds is 4. The summed E-state index contributed by atoms with van der Waals surface area (Å²) in [6.45, 7) is 5.13. The topological polar surface area (TPSA) is 30.7 Å². The molecule has 0 amide bonds. The molecule has 86 valence electrons. The number of halogens is 1. The molecule has 16 heavy (non-hydrogen) atoms. The minimum absolute atomic E-state index is 0.444. The minimum atomic E-state index is 0.444. The highest BCUT2D eigenvalue weighted by molar-refractivity contribution is 6.16. The Hall–Kier alpha value is -1.09. The van der Waals surface area contributed by atoms with E-state index in [1.807, 2.05) is 19.1 Å². The van der Waals surface area contributed by atoms with Crippen LogP contribution in [0.3, 0.4) is 0 Å². The molecule has 0 bridgehead atoms. The summed E-state index contributed by atoms with van der Waals surface area (Å²) in [5.74, 6) is 1.36. The van der Waals surface area contributed by atoms with Crippen LogP contribution in [0.2, 0.25) is 0 Å². The van der Waals surface area contributed by atoms with Crippen LogP contribution in [0, 0.1) is 6.92 Å². The Bertz CT molecular complexity index is 490. The standard InChI is InChI=1S/C12H16ClN3/c1-3-4-7-16-11(8-13)15-10-6-5-9(2)14-12(10)16/h5-6H,3-4,7-8H2,1-2H3. The lowest BCUT2D eigenvalue weighted by atomic mass is 10.3. The molecule has 3 nitrogen and oxygen atoms in total. The molecule has 0 N–H and O–H groups in total. The van der Waals surface area contributed by atoms with Crippen LogP contribution in [0.25, 0.3) is 11.2 Å². The van der Waals surface area contributed by atoms with Gasteiger partial charge in [-0.2, -0.15) is 0 Å². The van der Waals surface area contributed by atoms with Crippen LogP contribution in [-0.2, 0) is 12.4 Å². The third kappa shape index (κ3) is 2.05. The van der Waals surface area contributed by atoms with Crippen LogP contribution >= 0.6 is 11.6 Å². The van der Waals surface area contributed by atoms with Gasteiger partial charge >= 0.3 is 0 Å². The van der Waals surface area contributed by atoms with E-state index >= 15 is 0 Å². The summed E-state index contributed by atoms with van der Waals surface area (Å²) < 4.78 is 2.14. The van der Waals surface area contributed by atoms with Gasteiger partial charge in [0.15, 0.2) is 5.65 Å². The summed E-state index contributed by atoms with van der Waals surface area (Å²) in [6, 6.07) is 3.99. The fraction of sp³-hybridized carbons (Fsp3) is 0.500. The first-order chi connectivity index (χ1) is 7.76. The number of nitrogens with zero attached hydrogens (tertiary/aromatic N) is 3. The SMILES string of the molecule is CCCCn1c(CCl)nc2ccc(C)nc21. The first-order valence-corrected chi connectivity index (χ1v) is 6.18. The van der Waals surface area contributed by atoms with Crippen molar-refractivity contribution < 1.29 is 0 Å². The van der Waals surface area contributed by atoms with Gasteiger partial charge in [-0.3, -0.25) is 0 Å². The van der Waals surface area contributed by atoms with Gasteiger partial charge in [-0.25, -0.2) is 9.97 Å². The second-order valence-electron chi connectivity index (χ2n) is 3.96.